The fourth-order valence-electron chi connectivity index (χ4n) is 2.33. The molecule has 27 heavy (non-hydrogen) atoms. The van der Waals surface area contributed by atoms with Crippen molar-refractivity contribution in [1.29, 1.82) is 0 Å². The van der Waals surface area contributed by atoms with Crippen LogP contribution in [0.5, 0.6) is 0 Å². The van der Waals surface area contributed by atoms with Crippen LogP contribution in [0.4, 0.5) is 18.3 Å². The third-order valence-corrected chi connectivity index (χ3v) is 5.18. The molecule has 0 saturated carbocycles. The number of benzene rings is 1. The van der Waals surface area contributed by atoms with E-state index < -0.39 is 17.8 Å². The standard InChI is InChI=1S/C18H13ClF3N3OS/c1-10-14(8-11-4-2-3-5-13(11)19)27-17(24-10)25-16(26)12-6-7-15(23-9-12)18(20,21)22/h2-7,9H,8H2,1H3,(H,24,25,26). The van der Waals surface area contributed by atoms with E-state index in [2.05, 4.69) is 15.3 Å². The van der Waals surface area contributed by atoms with E-state index in [4.69, 9.17) is 11.6 Å². The summed E-state index contributed by atoms with van der Waals surface area (Å²) in [6.07, 6.45) is -3.08. The Kier molecular flexibility index (Phi) is 5.48. The van der Waals surface area contributed by atoms with E-state index in [1.807, 2.05) is 25.1 Å². The van der Waals surface area contributed by atoms with E-state index in [0.717, 1.165) is 34.5 Å². The zero-order valence-corrected chi connectivity index (χ0v) is 15.5. The maximum Gasteiger partial charge on any atom is 0.433 e. The van der Waals surface area contributed by atoms with Crippen molar-refractivity contribution >= 4 is 34.0 Å². The predicted octanol–water partition coefficient (Wildman–Crippen LogP) is 5.36. The Hall–Kier alpha value is -2.45. The van der Waals surface area contributed by atoms with E-state index in [1.54, 1.807) is 6.07 Å². The lowest BCUT2D eigenvalue weighted by Gasteiger charge is -2.06. The fraction of sp³-hybridized carbons (Fsp3) is 0.167. The molecule has 3 rings (SSSR count). The number of carbonyl (C=O) groups excluding carboxylic acids is 1. The van der Waals surface area contributed by atoms with Crippen LogP contribution in [0.1, 0.15) is 32.2 Å². The molecule has 0 aliphatic rings. The van der Waals surface area contributed by atoms with Gasteiger partial charge in [0.2, 0.25) is 0 Å². The minimum absolute atomic E-state index is 0.0171. The second kappa shape index (κ2) is 7.66. The molecule has 1 aromatic carbocycles. The smallest absolute Gasteiger partial charge is 0.298 e. The molecule has 4 nitrogen and oxygen atoms in total. The molecule has 1 N–H and O–H groups in total. The van der Waals surface area contributed by atoms with Crippen molar-refractivity contribution in [2.45, 2.75) is 19.5 Å². The first-order valence-electron chi connectivity index (χ1n) is 7.78. The fourth-order valence-corrected chi connectivity index (χ4v) is 3.51. The van der Waals surface area contributed by atoms with Crippen LogP contribution in [0.25, 0.3) is 0 Å². The molecular formula is C18H13ClF3N3OS. The number of hydrogen-bond acceptors (Lipinski definition) is 4. The predicted molar refractivity (Wildman–Crippen MR) is 98.3 cm³/mol. The number of halogens is 4. The van der Waals surface area contributed by atoms with Gasteiger partial charge in [-0.15, -0.1) is 11.3 Å². The molecule has 3 aromatic rings. The number of thiazole rings is 1. The highest BCUT2D eigenvalue weighted by Gasteiger charge is 2.32. The Bertz CT molecular complexity index is 971. The van der Waals surface area contributed by atoms with Crippen LogP contribution in [0.2, 0.25) is 5.02 Å². The van der Waals surface area contributed by atoms with E-state index in [0.29, 0.717) is 16.6 Å². The van der Waals surface area contributed by atoms with Gasteiger partial charge in [-0.2, -0.15) is 13.2 Å². The molecule has 0 spiro atoms. The molecular weight excluding hydrogens is 399 g/mol. The normalized spacial score (nSPS) is 11.4. The summed E-state index contributed by atoms with van der Waals surface area (Å²) in [7, 11) is 0. The molecule has 2 aromatic heterocycles. The topological polar surface area (TPSA) is 54.9 Å². The second-order valence-corrected chi connectivity index (χ2v) is 7.17. The van der Waals surface area contributed by atoms with E-state index in [9.17, 15) is 18.0 Å². The number of nitrogens with one attached hydrogen (secondary N) is 1. The molecule has 9 heteroatoms. The van der Waals surface area contributed by atoms with Crippen molar-refractivity contribution in [3.63, 3.8) is 0 Å². The molecule has 0 radical (unpaired) electrons. The molecule has 0 unspecified atom stereocenters. The van der Waals surface area contributed by atoms with Gasteiger partial charge in [-0.1, -0.05) is 29.8 Å². The lowest BCUT2D eigenvalue weighted by atomic mass is 10.1. The Morgan fingerprint density at radius 2 is 1.96 bits per heavy atom. The lowest BCUT2D eigenvalue weighted by Crippen LogP contribution is -2.14. The first-order chi connectivity index (χ1) is 12.7. The molecule has 0 atom stereocenters. The third-order valence-electron chi connectivity index (χ3n) is 3.74. The van der Waals surface area contributed by atoms with Gasteiger partial charge >= 0.3 is 6.18 Å². The number of aryl methyl sites for hydroxylation is 1. The number of carbonyl (C=O) groups is 1. The highest BCUT2D eigenvalue weighted by molar-refractivity contribution is 7.15. The van der Waals surface area contributed by atoms with Gasteiger partial charge in [0.05, 0.1) is 11.3 Å². The zero-order valence-electron chi connectivity index (χ0n) is 14.0. The van der Waals surface area contributed by atoms with Gasteiger partial charge in [0.15, 0.2) is 5.13 Å². The van der Waals surface area contributed by atoms with E-state index in [-0.39, 0.29) is 5.56 Å². The van der Waals surface area contributed by atoms with Gasteiger partial charge in [-0.3, -0.25) is 15.1 Å². The van der Waals surface area contributed by atoms with Crippen LogP contribution in [0.3, 0.4) is 0 Å². The number of alkyl halides is 3. The van der Waals surface area contributed by atoms with Gasteiger partial charge in [0, 0.05) is 22.5 Å². The number of hydrogen-bond donors (Lipinski definition) is 1. The quantitative estimate of drug-likeness (QED) is 0.628. The van der Waals surface area contributed by atoms with Crippen molar-refractivity contribution in [3.05, 3.63) is 75.0 Å². The maximum atomic E-state index is 12.5. The lowest BCUT2D eigenvalue weighted by molar-refractivity contribution is -0.141. The summed E-state index contributed by atoms with van der Waals surface area (Å²) in [6.45, 7) is 1.82. The highest BCUT2D eigenvalue weighted by atomic mass is 35.5. The average Bonchev–Trinajstić information content (AvgIpc) is 2.95. The van der Waals surface area contributed by atoms with Gasteiger partial charge in [0.25, 0.3) is 5.91 Å². The van der Waals surface area contributed by atoms with Crippen molar-refractivity contribution in [3.8, 4) is 0 Å². The van der Waals surface area contributed by atoms with Crippen LogP contribution in [0, 0.1) is 6.92 Å². The molecule has 0 bridgehead atoms. The Morgan fingerprint density at radius 3 is 2.59 bits per heavy atom. The maximum absolute atomic E-state index is 12.5. The molecule has 0 saturated heterocycles. The number of aromatic nitrogens is 2. The van der Waals surface area contributed by atoms with Crippen LogP contribution in [0.15, 0.2) is 42.6 Å². The molecule has 0 aliphatic carbocycles. The van der Waals surface area contributed by atoms with E-state index in [1.165, 1.54) is 11.3 Å². The van der Waals surface area contributed by atoms with E-state index >= 15 is 0 Å². The van der Waals surface area contributed by atoms with Crippen LogP contribution in [-0.2, 0) is 12.6 Å². The summed E-state index contributed by atoms with van der Waals surface area (Å²) >= 11 is 7.46. The molecule has 0 fully saturated rings. The highest BCUT2D eigenvalue weighted by Crippen LogP contribution is 2.29. The average molecular weight is 412 g/mol. The Morgan fingerprint density at radius 1 is 1.22 bits per heavy atom. The number of nitrogens with zero attached hydrogens (tertiary/aromatic N) is 2. The minimum atomic E-state index is -4.55. The summed E-state index contributed by atoms with van der Waals surface area (Å²) < 4.78 is 37.6. The summed E-state index contributed by atoms with van der Waals surface area (Å²) in [5, 5.41) is 3.60. The summed E-state index contributed by atoms with van der Waals surface area (Å²) in [4.78, 5) is 20.7. The van der Waals surface area contributed by atoms with Crippen molar-refractivity contribution in [2.24, 2.45) is 0 Å². The first kappa shape index (κ1) is 19.3. The van der Waals surface area contributed by atoms with Gasteiger partial charge in [0.1, 0.15) is 5.69 Å². The Balaban J connectivity index is 1.73. The number of pyridine rings is 1. The molecule has 0 aliphatic heterocycles. The third kappa shape index (κ3) is 4.64. The van der Waals surface area contributed by atoms with Crippen molar-refractivity contribution in [1.82, 2.24) is 9.97 Å². The van der Waals surface area contributed by atoms with Crippen molar-refractivity contribution < 1.29 is 18.0 Å². The molecule has 1 amide bonds. The monoisotopic (exact) mass is 411 g/mol. The minimum Gasteiger partial charge on any atom is -0.298 e. The number of anilines is 1. The number of rotatable bonds is 4. The molecule has 2 heterocycles. The molecule has 140 valence electrons. The zero-order chi connectivity index (χ0) is 19.6. The van der Waals surface area contributed by atoms with Crippen LogP contribution in [-0.4, -0.2) is 15.9 Å². The summed E-state index contributed by atoms with van der Waals surface area (Å²) in [6, 6.07) is 9.29. The second-order valence-electron chi connectivity index (χ2n) is 5.68. The van der Waals surface area contributed by atoms with Gasteiger partial charge in [-0.05, 0) is 30.7 Å². The largest absolute Gasteiger partial charge is 0.433 e. The van der Waals surface area contributed by atoms with Crippen LogP contribution >= 0.6 is 22.9 Å². The summed E-state index contributed by atoms with van der Waals surface area (Å²) in [5.41, 5.74) is 0.658. The first-order valence-corrected chi connectivity index (χ1v) is 8.98. The van der Waals surface area contributed by atoms with Gasteiger partial charge < -0.3 is 0 Å². The van der Waals surface area contributed by atoms with Gasteiger partial charge in [-0.25, -0.2) is 4.98 Å². The van der Waals surface area contributed by atoms with Crippen molar-refractivity contribution in [2.75, 3.05) is 5.32 Å². The number of amides is 1. The van der Waals surface area contributed by atoms with Crippen LogP contribution < -0.4 is 5.32 Å². The SMILES string of the molecule is Cc1nc(NC(=O)c2ccc(C(F)(F)F)nc2)sc1Cc1ccccc1Cl. The summed E-state index contributed by atoms with van der Waals surface area (Å²) in [5.74, 6) is -0.575. The Labute approximate surface area is 162 Å².